The van der Waals surface area contributed by atoms with Gasteiger partial charge in [0.2, 0.25) is 0 Å². The predicted octanol–water partition coefficient (Wildman–Crippen LogP) is 3.13. The smallest absolute Gasteiger partial charge is 0.0453 e. The highest BCUT2D eigenvalue weighted by Gasteiger charge is 2.16. The van der Waals surface area contributed by atoms with Crippen LogP contribution in [0.4, 0.5) is 0 Å². The van der Waals surface area contributed by atoms with Crippen molar-refractivity contribution < 1.29 is 0 Å². The highest BCUT2D eigenvalue weighted by molar-refractivity contribution is 6.31. The third kappa shape index (κ3) is 3.70. The first-order valence-electron chi connectivity index (χ1n) is 6.48. The molecule has 0 bridgehead atoms. The van der Waals surface area contributed by atoms with Crippen LogP contribution in [0, 0.1) is 0 Å². The van der Waals surface area contributed by atoms with Crippen LogP contribution in [0.2, 0.25) is 5.02 Å². The van der Waals surface area contributed by atoms with Gasteiger partial charge in [-0.05, 0) is 50.9 Å². The second kappa shape index (κ2) is 6.39. The van der Waals surface area contributed by atoms with Crippen LogP contribution in [0.3, 0.4) is 0 Å². The van der Waals surface area contributed by atoms with Crippen LogP contribution in [0.25, 0.3) is 0 Å². The van der Waals surface area contributed by atoms with Gasteiger partial charge >= 0.3 is 0 Å². The maximum atomic E-state index is 6.22. The molecule has 1 saturated heterocycles. The number of rotatable bonds is 3. The van der Waals surface area contributed by atoms with Gasteiger partial charge in [-0.3, -0.25) is 0 Å². The second-order valence-electron chi connectivity index (χ2n) is 4.79. The zero-order valence-electron chi connectivity index (χ0n) is 10.4. The molecule has 1 aromatic carbocycles. The molecule has 2 atom stereocenters. The fourth-order valence-electron chi connectivity index (χ4n) is 2.46. The molecule has 2 rings (SSSR count). The summed E-state index contributed by atoms with van der Waals surface area (Å²) >= 11 is 6.22. The van der Waals surface area contributed by atoms with E-state index in [0.717, 1.165) is 18.1 Å². The molecule has 0 aromatic heterocycles. The van der Waals surface area contributed by atoms with E-state index in [4.69, 9.17) is 11.6 Å². The van der Waals surface area contributed by atoms with Crippen molar-refractivity contribution in [2.75, 3.05) is 13.1 Å². The maximum Gasteiger partial charge on any atom is 0.0453 e. The second-order valence-corrected chi connectivity index (χ2v) is 5.19. The van der Waals surface area contributed by atoms with Gasteiger partial charge in [0.1, 0.15) is 0 Å². The molecule has 1 unspecified atom stereocenters. The van der Waals surface area contributed by atoms with E-state index in [0.29, 0.717) is 12.1 Å². The molecule has 17 heavy (non-hydrogen) atoms. The Bertz CT molecular complexity index is 346. The lowest BCUT2D eigenvalue weighted by molar-refractivity contribution is 0.421. The number of benzene rings is 1. The summed E-state index contributed by atoms with van der Waals surface area (Å²) in [6, 6.07) is 9.03. The van der Waals surface area contributed by atoms with Gasteiger partial charge in [-0.25, -0.2) is 0 Å². The topological polar surface area (TPSA) is 24.1 Å². The normalized spacial score (nSPS) is 23.1. The van der Waals surface area contributed by atoms with E-state index >= 15 is 0 Å². The molecule has 1 heterocycles. The molecule has 0 spiro atoms. The molecule has 0 radical (unpaired) electrons. The van der Waals surface area contributed by atoms with Gasteiger partial charge in [0.05, 0.1) is 0 Å². The van der Waals surface area contributed by atoms with Crippen LogP contribution < -0.4 is 10.6 Å². The van der Waals surface area contributed by atoms with Crippen LogP contribution in [0.1, 0.15) is 37.8 Å². The van der Waals surface area contributed by atoms with Crippen LogP contribution >= 0.6 is 11.6 Å². The molecule has 0 amide bonds. The van der Waals surface area contributed by atoms with Gasteiger partial charge in [0.15, 0.2) is 0 Å². The Morgan fingerprint density at radius 2 is 2.12 bits per heavy atom. The minimum atomic E-state index is 0.326. The molecule has 0 saturated carbocycles. The van der Waals surface area contributed by atoms with Crippen molar-refractivity contribution >= 4 is 11.6 Å². The summed E-state index contributed by atoms with van der Waals surface area (Å²) in [5, 5.41) is 7.99. The van der Waals surface area contributed by atoms with Crippen molar-refractivity contribution in [3.63, 3.8) is 0 Å². The molecule has 2 nitrogen and oxygen atoms in total. The Hall–Kier alpha value is -0.570. The fraction of sp³-hybridized carbons (Fsp3) is 0.571. The van der Waals surface area contributed by atoms with Crippen molar-refractivity contribution in [1.82, 2.24) is 10.6 Å². The lowest BCUT2D eigenvalue weighted by atomic mass is 10.0. The van der Waals surface area contributed by atoms with E-state index in [9.17, 15) is 0 Å². The Morgan fingerprint density at radius 1 is 1.29 bits per heavy atom. The summed E-state index contributed by atoms with van der Waals surface area (Å²) in [5.74, 6) is 0. The minimum Gasteiger partial charge on any atom is -0.317 e. The first-order chi connectivity index (χ1) is 8.27. The van der Waals surface area contributed by atoms with E-state index < -0.39 is 0 Å². The molecule has 1 aliphatic rings. The Morgan fingerprint density at radius 3 is 2.94 bits per heavy atom. The van der Waals surface area contributed by atoms with E-state index in [1.165, 1.54) is 24.8 Å². The molecular formula is C14H21ClN2. The van der Waals surface area contributed by atoms with E-state index in [-0.39, 0.29) is 0 Å². The van der Waals surface area contributed by atoms with Gasteiger partial charge in [-0.15, -0.1) is 0 Å². The van der Waals surface area contributed by atoms with E-state index in [1.54, 1.807) is 0 Å². The van der Waals surface area contributed by atoms with Gasteiger partial charge < -0.3 is 10.6 Å². The molecule has 3 heteroatoms. The van der Waals surface area contributed by atoms with Crippen molar-refractivity contribution in [3.05, 3.63) is 34.9 Å². The quantitative estimate of drug-likeness (QED) is 0.864. The maximum absolute atomic E-state index is 6.22. The molecule has 94 valence electrons. The molecule has 1 aromatic rings. The molecule has 1 aliphatic heterocycles. The van der Waals surface area contributed by atoms with Crippen molar-refractivity contribution in [2.24, 2.45) is 0 Å². The molecule has 2 N–H and O–H groups in total. The van der Waals surface area contributed by atoms with Crippen molar-refractivity contribution in [1.29, 1.82) is 0 Å². The predicted molar refractivity (Wildman–Crippen MR) is 73.5 cm³/mol. The number of hydrogen-bond donors (Lipinski definition) is 2. The average Bonchev–Trinajstić information content (AvgIpc) is 2.58. The monoisotopic (exact) mass is 252 g/mol. The zero-order chi connectivity index (χ0) is 12.1. The Balaban J connectivity index is 1.96. The van der Waals surface area contributed by atoms with E-state index in [2.05, 4.69) is 23.6 Å². The van der Waals surface area contributed by atoms with Crippen LogP contribution in [-0.2, 0) is 0 Å². The number of halogens is 1. The van der Waals surface area contributed by atoms with Crippen molar-refractivity contribution in [3.8, 4) is 0 Å². The fourth-order valence-corrected chi connectivity index (χ4v) is 2.75. The van der Waals surface area contributed by atoms with Gasteiger partial charge in [0, 0.05) is 17.1 Å². The number of hydrogen-bond acceptors (Lipinski definition) is 2. The molecular weight excluding hydrogens is 232 g/mol. The summed E-state index contributed by atoms with van der Waals surface area (Å²) in [4.78, 5) is 0. The lowest BCUT2D eigenvalue weighted by Crippen LogP contribution is -2.32. The van der Waals surface area contributed by atoms with Gasteiger partial charge in [-0.2, -0.15) is 0 Å². The SMILES string of the molecule is C[C@H](NC1CCCNCC1)c1ccccc1Cl. The number of nitrogens with one attached hydrogen (secondary N) is 2. The minimum absolute atomic E-state index is 0.326. The highest BCUT2D eigenvalue weighted by atomic mass is 35.5. The van der Waals surface area contributed by atoms with Gasteiger partial charge in [-0.1, -0.05) is 29.8 Å². The standard InChI is InChI=1S/C14H21ClN2/c1-11(13-6-2-3-7-14(13)15)17-12-5-4-9-16-10-8-12/h2-3,6-7,11-12,16-17H,4-5,8-10H2,1H3/t11-,12?/m0/s1. The first kappa shape index (κ1) is 12.9. The third-order valence-electron chi connectivity index (χ3n) is 3.43. The summed E-state index contributed by atoms with van der Waals surface area (Å²) in [6.45, 7) is 4.46. The summed E-state index contributed by atoms with van der Waals surface area (Å²) in [5.41, 5.74) is 1.20. The Labute approximate surface area is 109 Å². The van der Waals surface area contributed by atoms with Gasteiger partial charge in [0.25, 0.3) is 0 Å². The molecule has 1 fully saturated rings. The van der Waals surface area contributed by atoms with Crippen LogP contribution in [0.5, 0.6) is 0 Å². The third-order valence-corrected chi connectivity index (χ3v) is 3.78. The summed E-state index contributed by atoms with van der Waals surface area (Å²) in [6.07, 6.45) is 3.71. The lowest BCUT2D eigenvalue weighted by Gasteiger charge is -2.22. The largest absolute Gasteiger partial charge is 0.317 e. The average molecular weight is 253 g/mol. The van der Waals surface area contributed by atoms with Crippen LogP contribution in [-0.4, -0.2) is 19.1 Å². The first-order valence-corrected chi connectivity index (χ1v) is 6.86. The summed E-state index contributed by atoms with van der Waals surface area (Å²) in [7, 11) is 0. The Kier molecular flexibility index (Phi) is 4.84. The highest BCUT2D eigenvalue weighted by Crippen LogP contribution is 2.23. The molecule has 0 aliphatic carbocycles. The summed E-state index contributed by atoms with van der Waals surface area (Å²) < 4.78 is 0. The zero-order valence-corrected chi connectivity index (χ0v) is 11.1. The van der Waals surface area contributed by atoms with Crippen molar-refractivity contribution in [2.45, 2.75) is 38.3 Å². The van der Waals surface area contributed by atoms with E-state index in [1.807, 2.05) is 18.2 Å². The van der Waals surface area contributed by atoms with Crippen LogP contribution in [0.15, 0.2) is 24.3 Å².